The highest BCUT2D eigenvalue weighted by Crippen LogP contribution is 2.22. The number of thiazole rings is 1. The van der Waals surface area contributed by atoms with E-state index < -0.39 is 10.0 Å². The van der Waals surface area contributed by atoms with Gasteiger partial charge in [-0.25, -0.2) is 13.6 Å². The van der Waals surface area contributed by atoms with E-state index in [0.29, 0.717) is 16.0 Å². The Balaban J connectivity index is 2.08. The minimum Gasteiger partial charge on any atom is -0.313 e. The SMILES string of the molecule is C=CCn1c(=NC(=O)Cc2c(C)cc(C)cc2C)sc2cc(S(N)(=O)=O)ccc21. The molecule has 0 atom stereocenters. The third-order valence-electron chi connectivity index (χ3n) is 4.68. The molecule has 0 saturated carbocycles. The number of rotatable bonds is 5. The molecule has 3 rings (SSSR count). The van der Waals surface area contributed by atoms with Crippen LogP contribution in [0.25, 0.3) is 10.2 Å². The Kier molecular flexibility index (Phi) is 5.88. The number of aromatic nitrogens is 1. The summed E-state index contributed by atoms with van der Waals surface area (Å²) in [6.45, 7) is 10.2. The number of primary sulfonamides is 1. The van der Waals surface area contributed by atoms with Gasteiger partial charge in [0.1, 0.15) is 0 Å². The van der Waals surface area contributed by atoms with Crippen molar-refractivity contribution < 1.29 is 13.2 Å². The Morgan fingerprint density at radius 1 is 1.21 bits per heavy atom. The second kappa shape index (κ2) is 8.06. The summed E-state index contributed by atoms with van der Waals surface area (Å²) >= 11 is 1.25. The average molecular weight is 430 g/mol. The summed E-state index contributed by atoms with van der Waals surface area (Å²) in [6, 6.07) is 8.75. The number of nitrogens with two attached hydrogens (primary N) is 1. The molecule has 6 nitrogen and oxygen atoms in total. The van der Waals surface area contributed by atoms with Crippen LogP contribution in [0.15, 0.2) is 52.9 Å². The van der Waals surface area contributed by atoms with Crippen molar-refractivity contribution in [2.75, 3.05) is 0 Å². The van der Waals surface area contributed by atoms with E-state index in [1.54, 1.807) is 12.1 Å². The van der Waals surface area contributed by atoms with Crippen LogP contribution in [-0.4, -0.2) is 18.9 Å². The standard InChI is InChI=1S/C21H23N3O3S2/c1-5-8-24-18-7-6-16(29(22,26)27)11-19(18)28-21(24)23-20(25)12-17-14(3)9-13(2)10-15(17)4/h5-7,9-11H,1,8,12H2,2-4H3,(H2,22,26,27). The fourth-order valence-corrected chi connectivity index (χ4v) is 5.12. The van der Waals surface area contributed by atoms with Crippen molar-refractivity contribution >= 4 is 37.5 Å². The maximum Gasteiger partial charge on any atom is 0.252 e. The molecule has 8 heteroatoms. The molecule has 29 heavy (non-hydrogen) atoms. The molecule has 0 fully saturated rings. The minimum atomic E-state index is -3.81. The second-order valence-electron chi connectivity index (χ2n) is 7.02. The van der Waals surface area contributed by atoms with Crippen molar-refractivity contribution in [3.8, 4) is 0 Å². The van der Waals surface area contributed by atoms with Crippen LogP contribution < -0.4 is 9.94 Å². The maximum absolute atomic E-state index is 12.7. The van der Waals surface area contributed by atoms with Crippen molar-refractivity contribution in [2.45, 2.75) is 38.6 Å². The third kappa shape index (κ3) is 4.55. The molecular formula is C21H23N3O3S2. The van der Waals surface area contributed by atoms with Crippen LogP contribution in [0.3, 0.4) is 0 Å². The van der Waals surface area contributed by atoms with E-state index in [-0.39, 0.29) is 17.2 Å². The predicted molar refractivity (Wildman–Crippen MR) is 116 cm³/mol. The number of amides is 1. The van der Waals surface area contributed by atoms with Crippen LogP contribution in [0, 0.1) is 20.8 Å². The first-order valence-electron chi connectivity index (χ1n) is 9.01. The molecule has 0 aliphatic carbocycles. The molecular weight excluding hydrogens is 406 g/mol. The van der Waals surface area contributed by atoms with Gasteiger partial charge in [-0.2, -0.15) is 4.99 Å². The molecule has 2 N–H and O–H groups in total. The molecule has 1 heterocycles. The van der Waals surface area contributed by atoms with Gasteiger partial charge in [0, 0.05) is 6.54 Å². The largest absolute Gasteiger partial charge is 0.313 e. The Labute approximate surface area is 174 Å². The van der Waals surface area contributed by atoms with Gasteiger partial charge >= 0.3 is 0 Å². The summed E-state index contributed by atoms with van der Waals surface area (Å²) in [5.41, 5.74) is 5.05. The van der Waals surface area contributed by atoms with Crippen molar-refractivity contribution in [3.63, 3.8) is 0 Å². The number of hydrogen-bond acceptors (Lipinski definition) is 4. The van der Waals surface area contributed by atoms with Gasteiger partial charge in [-0.3, -0.25) is 4.79 Å². The van der Waals surface area contributed by atoms with Crippen LogP contribution in [-0.2, 0) is 27.8 Å². The van der Waals surface area contributed by atoms with E-state index in [4.69, 9.17) is 5.14 Å². The van der Waals surface area contributed by atoms with Crippen molar-refractivity contribution in [1.29, 1.82) is 0 Å². The Bertz CT molecular complexity index is 1280. The molecule has 1 amide bonds. The van der Waals surface area contributed by atoms with E-state index >= 15 is 0 Å². The lowest BCUT2D eigenvalue weighted by Gasteiger charge is -2.09. The average Bonchev–Trinajstić information content (AvgIpc) is 2.94. The van der Waals surface area contributed by atoms with Crippen LogP contribution in [0.4, 0.5) is 0 Å². The first-order chi connectivity index (χ1) is 13.6. The minimum absolute atomic E-state index is 0.0285. The first-order valence-corrected chi connectivity index (χ1v) is 11.4. The van der Waals surface area contributed by atoms with Crippen LogP contribution in [0.1, 0.15) is 22.3 Å². The van der Waals surface area contributed by atoms with Gasteiger partial charge in [0.2, 0.25) is 10.0 Å². The molecule has 0 spiro atoms. The number of aryl methyl sites for hydroxylation is 3. The maximum atomic E-state index is 12.7. The lowest BCUT2D eigenvalue weighted by atomic mass is 9.97. The van der Waals surface area contributed by atoms with Gasteiger partial charge < -0.3 is 4.57 Å². The Morgan fingerprint density at radius 3 is 2.45 bits per heavy atom. The smallest absolute Gasteiger partial charge is 0.252 e. The number of carbonyl (C=O) groups excluding carboxylic acids is 1. The van der Waals surface area contributed by atoms with Crippen LogP contribution in [0.2, 0.25) is 0 Å². The van der Waals surface area contributed by atoms with E-state index in [1.807, 2.05) is 25.3 Å². The number of benzene rings is 2. The van der Waals surface area contributed by atoms with E-state index in [0.717, 1.165) is 27.8 Å². The van der Waals surface area contributed by atoms with Crippen molar-refractivity contribution in [2.24, 2.45) is 10.1 Å². The van der Waals surface area contributed by atoms with Gasteiger partial charge in [-0.15, -0.1) is 6.58 Å². The fraction of sp³-hybridized carbons (Fsp3) is 0.238. The molecule has 0 aliphatic rings. The lowest BCUT2D eigenvalue weighted by molar-refractivity contribution is -0.117. The van der Waals surface area contributed by atoms with Gasteiger partial charge in [0.25, 0.3) is 5.91 Å². The monoisotopic (exact) mass is 429 g/mol. The van der Waals surface area contributed by atoms with E-state index in [9.17, 15) is 13.2 Å². The number of hydrogen-bond donors (Lipinski definition) is 1. The first kappa shape index (κ1) is 21.2. The Morgan fingerprint density at radius 2 is 1.86 bits per heavy atom. The predicted octanol–water partition coefficient (Wildman–Crippen LogP) is 3.13. The number of carbonyl (C=O) groups is 1. The highest BCUT2D eigenvalue weighted by atomic mass is 32.2. The quantitative estimate of drug-likeness (QED) is 0.631. The van der Waals surface area contributed by atoms with E-state index in [2.05, 4.69) is 23.7 Å². The molecule has 0 aliphatic heterocycles. The molecule has 0 saturated heterocycles. The van der Waals surface area contributed by atoms with Gasteiger partial charge in [0.15, 0.2) is 4.80 Å². The number of nitrogens with zero attached hydrogens (tertiary/aromatic N) is 2. The number of sulfonamides is 1. The summed E-state index contributed by atoms with van der Waals surface area (Å²) < 4.78 is 25.8. The zero-order valence-corrected chi connectivity index (χ0v) is 18.2. The topological polar surface area (TPSA) is 94.5 Å². The summed E-state index contributed by atoms with van der Waals surface area (Å²) in [5.74, 6) is -0.254. The van der Waals surface area contributed by atoms with E-state index in [1.165, 1.54) is 23.5 Å². The van der Waals surface area contributed by atoms with Gasteiger partial charge in [0.05, 0.1) is 21.5 Å². The summed E-state index contributed by atoms with van der Waals surface area (Å²) in [4.78, 5) is 17.6. The third-order valence-corrected chi connectivity index (χ3v) is 6.64. The van der Waals surface area contributed by atoms with Crippen LogP contribution in [0.5, 0.6) is 0 Å². The van der Waals surface area contributed by atoms with Crippen LogP contribution >= 0.6 is 11.3 Å². The molecule has 3 aromatic rings. The highest BCUT2D eigenvalue weighted by Gasteiger charge is 2.14. The molecule has 1 aromatic heterocycles. The summed E-state index contributed by atoms with van der Waals surface area (Å²) in [5, 5.41) is 5.23. The van der Waals surface area contributed by atoms with Gasteiger partial charge in [-0.1, -0.05) is 35.1 Å². The highest BCUT2D eigenvalue weighted by molar-refractivity contribution is 7.89. The lowest BCUT2D eigenvalue weighted by Crippen LogP contribution is -2.17. The number of allylic oxidation sites excluding steroid dienone is 1. The zero-order valence-electron chi connectivity index (χ0n) is 16.6. The fourth-order valence-electron chi connectivity index (χ4n) is 3.41. The Hall–Kier alpha value is -2.55. The molecule has 0 bridgehead atoms. The molecule has 152 valence electrons. The molecule has 0 unspecified atom stereocenters. The normalized spacial score (nSPS) is 12.5. The van der Waals surface area contributed by atoms with Crippen molar-refractivity contribution in [1.82, 2.24) is 4.57 Å². The summed E-state index contributed by atoms with van der Waals surface area (Å²) in [6.07, 6.45) is 1.92. The van der Waals surface area contributed by atoms with Gasteiger partial charge in [-0.05, 0) is 55.7 Å². The molecule has 2 aromatic carbocycles. The number of fused-ring (bicyclic) bond motifs is 1. The summed E-state index contributed by atoms with van der Waals surface area (Å²) in [7, 11) is -3.81. The molecule has 0 radical (unpaired) electrons. The van der Waals surface area contributed by atoms with Crippen molar-refractivity contribution in [3.05, 3.63) is 70.0 Å². The second-order valence-corrected chi connectivity index (χ2v) is 9.59. The zero-order chi connectivity index (χ0) is 21.3.